The standard InChI is InChI=1S/C27H18N4O3/c1-33-20-12-6-9-16(25(20)32)21-17(13-28)27(29)34-26-15-8-3-2-7-14(15)23-24(22(21)26)31-19-11-5-4-10-18(19)30-23/h2-12,21,32H,29H2,1H3. The lowest BCUT2D eigenvalue weighted by atomic mass is 9.81. The van der Waals surface area contributed by atoms with Crippen LogP contribution in [-0.4, -0.2) is 22.2 Å². The highest BCUT2D eigenvalue weighted by Gasteiger charge is 2.37. The minimum absolute atomic E-state index is 0.0135. The van der Waals surface area contributed by atoms with Gasteiger partial charge in [0.05, 0.1) is 35.1 Å². The molecule has 1 aliphatic heterocycles. The maximum Gasteiger partial charge on any atom is 0.205 e. The van der Waals surface area contributed by atoms with Crippen molar-refractivity contribution in [2.45, 2.75) is 5.92 Å². The minimum Gasteiger partial charge on any atom is -0.504 e. The van der Waals surface area contributed by atoms with Crippen LogP contribution < -0.4 is 15.2 Å². The van der Waals surface area contributed by atoms with E-state index in [2.05, 4.69) is 6.07 Å². The summed E-state index contributed by atoms with van der Waals surface area (Å²) in [5, 5.41) is 22.8. The van der Waals surface area contributed by atoms with E-state index in [1.807, 2.05) is 48.5 Å². The topological polar surface area (TPSA) is 114 Å². The van der Waals surface area contributed by atoms with Gasteiger partial charge >= 0.3 is 0 Å². The first kappa shape index (κ1) is 19.8. The summed E-state index contributed by atoms with van der Waals surface area (Å²) in [5.74, 6) is -0.0234. The van der Waals surface area contributed by atoms with Crippen LogP contribution in [0.4, 0.5) is 0 Å². The van der Waals surface area contributed by atoms with Crippen molar-refractivity contribution in [1.82, 2.24) is 9.97 Å². The zero-order valence-electron chi connectivity index (χ0n) is 18.1. The molecule has 0 saturated carbocycles. The van der Waals surface area contributed by atoms with Gasteiger partial charge in [-0.25, -0.2) is 9.97 Å². The van der Waals surface area contributed by atoms with E-state index in [9.17, 15) is 10.4 Å². The molecule has 3 N–H and O–H groups in total. The van der Waals surface area contributed by atoms with Gasteiger partial charge in [-0.2, -0.15) is 5.26 Å². The van der Waals surface area contributed by atoms with Crippen LogP contribution in [0.1, 0.15) is 17.0 Å². The van der Waals surface area contributed by atoms with E-state index >= 15 is 0 Å². The molecule has 34 heavy (non-hydrogen) atoms. The number of hydrogen-bond donors (Lipinski definition) is 2. The molecule has 164 valence electrons. The number of rotatable bonds is 2. The zero-order valence-corrected chi connectivity index (χ0v) is 18.1. The summed E-state index contributed by atoms with van der Waals surface area (Å²) in [7, 11) is 1.48. The summed E-state index contributed by atoms with van der Waals surface area (Å²) in [5.41, 5.74) is 10.3. The van der Waals surface area contributed by atoms with Gasteiger partial charge in [-0.1, -0.05) is 48.5 Å². The van der Waals surface area contributed by atoms with Gasteiger partial charge in [-0.05, 0) is 18.2 Å². The van der Waals surface area contributed by atoms with E-state index in [1.54, 1.807) is 18.2 Å². The lowest BCUT2D eigenvalue weighted by Crippen LogP contribution is -2.22. The highest BCUT2D eigenvalue weighted by molar-refractivity contribution is 6.11. The van der Waals surface area contributed by atoms with Crippen LogP contribution in [0.15, 0.2) is 78.2 Å². The first-order valence-electron chi connectivity index (χ1n) is 10.7. The van der Waals surface area contributed by atoms with Crippen molar-refractivity contribution in [3.05, 3.63) is 89.3 Å². The van der Waals surface area contributed by atoms with Gasteiger partial charge in [0, 0.05) is 21.9 Å². The molecular formula is C27H18N4O3. The van der Waals surface area contributed by atoms with Crippen LogP contribution in [0.2, 0.25) is 0 Å². The second-order valence-electron chi connectivity index (χ2n) is 8.02. The van der Waals surface area contributed by atoms with Crippen molar-refractivity contribution in [2.75, 3.05) is 7.11 Å². The van der Waals surface area contributed by atoms with Gasteiger partial charge in [0.2, 0.25) is 5.88 Å². The van der Waals surface area contributed by atoms with Gasteiger partial charge in [0.25, 0.3) is 0 Å². The fourth-order valence-electron chi connectivity index (χ4n) is 4.71. The molecule has 1 unspecified atom stereocenters. The summed E-state index contributed by atoms with van der Waals surface area (Å²) in [6.07, 6.45) is 0. The molecule has 0 radical (unpaired) electrons. The third kappa shape index (κ3) is 2.69. The Kier molecular flexibility index (Phi) is 4.29. The number of allylic oxidation sites excluding steroid dienone is 1. The molecule has 2 heterocycles. The van der Waals surface area contributed by atoms with Crippen molar-refractivity contribution in [3.8, 4) is 23.3 Å². The average Bonchev–Trinajstić information content (AvgIpc) is 2.87. The van der Waals surface area contributed by atoms with Crippen molar-refractivity contribution in [1.29, 1.82) is 5.26 Å². The number of aromatic nitrogens is 2. The van der Waals surface area contributed by atoms with Crippen molar-refractivity contribution in [3.63, 3.8) is 0 Å². The van der Waals surface area contributed by atoms with E-state index in [1.165, 1.54) is 7.11 Å². The van der Waals surface area contributed by atoms with Crippen LogP contribution in [0.25, 0.3) is 32.8 Å². The Bertz CT molecular complexity index is 1720. The molecule has 0 amide bonds. The van der Waals surface area contributed by atoms with E-state index < -0.39 is 5.92 Å². The molecule has 7 nitrogen and oxygen atoms in total. The van der Waals surface area contributed by atoms with Gasteiger partial charge < -0.3 is 20.3 Å². The summed E-state index contributed by atoms with van der Waals surface area (Å²) in [4.78, 5) is 9.89. The maximum absolute atomic E-state index is 11.0. The van der Waals surface area contributed by atoms with Gasteiger partial charge in [0.1, 0.15) is 17.4 Å². The van der Waals surface area contributed by atoms with Crippen LogP contribution in [-0.2, 0) is 0 Å². The molecule has 6 rings (SSSR count). The van der Waals surface area contributed by atoms with E-state index in [0.717, 1.165) is 16.3 Å². The molecule has 7 heteroatoms. The molecular weight excluding hydrogens is 428 g/mol. The van der Waals surface area contributed by atoms with Crippen molar-refractivity contribution < 1.29 is 14.6 Å². The summed E-state index contributed by atoms with van der Waals surface area (Å²) < 4.78 is 11.4. The molecule has 0 fully saturated rings. The Morgan fingerprint density at radius 2 is 1.62 bits per heavy atom. The number of nitrogens with two attached hydrogens (primary N) is 1. The first-order chi connectivity index (χ1) is 16.6. The van der Waals surface area contributed by atoms with Gasteiger partial charge in [-0.15, -0.1) is 0 Å². The first-order valence-corrected chi connectivity index (χ1v) is 10.7. The Hall–Kier alpha value is -4.83. The largest absolute Gasteiger partial charge is 0.504 e. The molecule has 4 aromatic carbocycles. The highest BCUT2D eigenvalue weighted by Crippen LogP contribution is 2.51. The van der Waals surface area contributed by atoms with E-state index in [4.69, 9.17) is 25.2 Å². The minimum atomic E-state index is -0.730. The number of methoxy groups -OCH3 is 1. The second kappa shape index (κ2) is 7.36. The maximum atomic E-state index is 11.0. The Morgan fingerprint density at radius 3 is 2.32 bits per heavy atom. The number of benzene rings is 4. The quantitative estimate of drug-likeness (QED) is 0.294. The summed E-state index contributed by atoms with van der Waals surface area (Å²) in [6, 6.07) is 22.7. The Balaban J connectivity index is 1.83. The predicted octanol–water partition coefficient (Wildman–Crippen LogP) is 4.87. The van der Waals surface area contributed by atoms with Crippen LogP contribution in [0, 0.1) is 11.3 Å². The third-order valence-electron chi connectivity index (χ3n) is 6.23. The molecule has 5 aromatic rings. The number of ether oxygens (including phenoxy) is 2. The zero-order chi connectivity index (χ0) is 23.4. The molecule has 0 spiro atoms. The fraction of sp³-hybridized carbons (Fsp3) is 0.0741. The number of nitrogens with zero attached hydrogens (tertiary/aromatic N) is 3. The van der Waals surface area contributed by atoms with E-state index in [-0.39, 0.29) is 17.2 Å². The number of fused-ring (bicyclic) bond motifs is 7. The molecule has 0 saturated heterocycles. The van der Waals surface area contributed by atoms with Gasteiger partial charge in [0.15, 0.2) is 11.5 Å². The third-order valence-corrected chi connectivity index (χ3v) is 6.23. The number of hydrogen-bond acceptors (Lipinski definition) is 7. The van der Waals surface area contributed by atoms with E-state index in [0.29, 0.717) is 39.2 Å². The van der Waals surface area contributed by atoms with Crippen LogP contribution >= 0.6 is 0 Å². The lowest BCUT2D eigenvalue weighted by molar-refractivity contribution is 0.367. The highest BCUT2D eigenvalue weighted by atomic mass is 16.5. The smallest absolute Gasteiger partial charge is 0.205 e. The SMILES string of the molecule is COc1cccc(C2C(C#N)=C(N)Oc3c2c2nc4ccccc4nc2c2ccccc32)c1O. The van der Waals surface area contributed by atoms with Crippen LogP contribution in [0.3, 0.4) is 0 Å². The molecule has 1 aliphatic rings. The lowest BCUT2D eigenvalue weighted by Gasteiger charge is -2.29. The molecule has 1 atom stereocenters. The number of aromatic hydroxyl groups is 1. The van der Waals surface area contributed by atoms with Crippen LogP contribution in [0.5, 0.6) is 17.2 Å². The van der Waals surface area contributed by atoms with Crippen molar-refractivity contribution in [2.24, 2.45) is 5.73 Å². The molecule has 0 bridgehead atoms. The Labute approximate surface area is 194 Å². The predicted molar refractivity (Wildman–Crippen MR) is 129 cm³/mol. The number of phenolic OH excluding ortho intramolecular Hbond substituents is 1. The molecule has 0 aliphatic carbocycles. The number of para-hydroxylation sites is 3. The Morgan fingerprint density at radius 1 is 0.941 bits per heavy atom. The second-order valence-corrected chi connectivity index (χ2v) is 8.02. The number of phenols is 1. The average molecular weight is 446 g/mol. The van der Waals surface area contributed by atoms with Gasteiger partial charge in [-0.3, -0.25) is 0 Å². The monoisotopic (exact) mass is 446 g/mol. The summed E-state index contributed by atoms with van der Waals surface area (Å²) >= 11 is 0. The fourth-order valence-corrected chi connectivity index (χ4v) is 4.71. The summed E-state index contributed by atoms with van der Waals surface area (Å²) in [6.45, 7) is 0. The molecule has 1 aromatic heterocycles. The normalized spacial score (nSPS) is 15.2. The van der Waals surface area contributed by atoms with Crippen molar-refractivity contribution >= 4 is 32.8 Å². The number of nitriles is 1.